The van der Waals surface area contributed by atoms with Crippen molar-refractivity contribution in [3.05, 3.63) is 0 Å². The van der Waals surface area contributed by atoms with E-state index in [1.165, 1.54) is 0 Å². The summed E-state index contributed by atoms with van der Waals surface area (Å²) in [6.45, 7) is 4.66. The van der Waals surface area contributed by atoms with Crippen molar-refractivity contribution in [1.82, 2.24) is 5.32 Å². The zero-order valence-corrected chi connectivity index (χ0v) is 9.57. The Hall–Kier alpha value is -0.650. The summed E-state index contributed by atoms with van der Waals surface area (Å²) < 4.78 is 9.52. The smallest absolute Gasteiger partial charge is 0.293 e. The molecule has 15 heavy (non-hydrogen) atoms. The summed E-state index contributed by atoms with van der Waals surface area (Å²) in [5.74, 6) is 0. The predicted octanol–water partition coefficient (Wildman–Crippen LogP) is -0.109. The molecule has 1 saturated heterocycles. The molecule has 0 aromatic carbocycles. The molecular weight excluding hydrogens is 196 g/mol. The van der Waals surface area contributed by atoms with E-state index in [1.54, 1.807) is 0 Å². The summed E-state index contributed by atoms with van der Waals surface area (Å²) in [5.41, 5.74) is 5.26. The third kappa shape index (κ3) is 8.35. The van der Waals surface area contributed by atoms with Crippen molar-refractivity contribution in [2.75, 3.05) is 26.8 Å². The van der Waals surface area contributed by atoms with Crippen molar-refractivity contribution < 1.29 is 14.3 Å². The Labute approximate surface area is 91.3 Å². The van der Waals surface area contributed by atoms with Crippen molar-refractivity contribution in [3.8, 4) is 0 Å². The number of carbonyl (C=O) groups excluding carboxylic acids is 1. The summed E-state index contributed by atoms with van der Waals surface area (Å²) in [7, 11) is 1.94. The van der Waals surface area contributed by atoms with Crippen molar-refractivity contribution in [2.24, 2.45) is 5.73 Å². The highest BCUT2D eigenvalue weighted by atomic mass is 16.6. The zero-order valence-electron chi connectivity index (χ0n) is 9.57. The largest absolute Gasteiger partial charge is 0.462 e. The lowest BCUT2D eigenvalue weighted by Gasteiger charge is -2.05. The minimum atomic E-state index is 0.0208. The average Bonchev–Trinajstić information content (AvgIpc) is 2.72. The summed E-state index contributed by atoms with van der Waals surface area (Å²) in [6.07, 6.45) is 1.93. The van der Waals surface area contributed by atoms with E-state index in [1.807, 2.05) is 7.05 Å². The van der Waals surface area contributed by atoms with Crippen LogP contribution in [0, 0.1) is 0 Å². The van der Waals surface area contributed by atoms with E-state index >= 15 is 0 Å². The molecule has 0 aromatic heterocycles. The molecule has 0 spiro atoms. The third-order valence-electron chi connectivity index (χ3n) is 2.23. The number of rotatable bonds is 5. The summed E-state index contributed by atoms with van der Waals surface area (Å²) in [4.78, 5) is 9.68. The number of hydrogen-bond acceptors (Lipinski definition) is 5. The normalized spacial score (nSPS) is 21.4. The summed E-state index contributed by atoms with van der Waals surface area (Å²) in [5, 5.41) is 3.09. The van der Waals surface area contributed by atoms with Crippen molar-refractivity contribution >= 4 is 6.47 Å². The van der Waals surface area contributed by atoms with Crippen LogP contribution in [-0.2, 0) is 14.3 Å². The second-order valence-electron chi connectivity index (χ2n) is 3.48. The fourth-order valence-corrected chi connectivity index (χ4v) is 1.09. The fraction of sp³-hybridized carbons (Fsp3) is 0.900. The Bertz CT molecular complexity index is 150. The van der Waals surface area contributed by atoms with Gasteiger partial charge in [0.15, 0.2) is 0 Å². The molecule has 5 nitrogen and oxygen atoms in total. The van der Waals surface area contributed by atoms with E-state index in [0.717, 1.165) is 26.0 Å². The van der Waals surface area contributed by atoms with Crippen LogP contribution in [0.3, 0.4) is 0 Å². The van der Waals surface area contributed by atoms with Gasteiger partial charge in [0, 0.05) is 12.5 Å². The second-order valence-corrected chi connectivity index (χ2v) is 3.48. The van der Waals surface area contributed by atoms with Gasteiger partial charge >= 0.3 is 0 Å². The highest BCUT2D eigenvalue weighted by molar-refractivity contribution is 5.37. The number of nitrogens with two attached hydrogens (primary N) is 1. The van der Waals surface area contributed by atoms with Crippen LogP contribution in [0.1, 0.15) is 19.8 Å². The van der Waals surface area contributed by atoms with Gasteiger partial charge in [0.25, 0.3) is 6.47 Å². The van der Waals surface area contributed by atoms with Crippen molar-refractivity contribution in [2.45, 2.75) is 31.9 Å². The lowest BCUT2D eigenvalue weighted by atomic mass is 10.2. The standard InChI is InChI=1S/C5H14N2.C5H8O3/c1-5(7-2)3-4-6;6-4-8-5-1-2-7-3-5/h5,7H,3-4,6H2,1-2H3;4-5H,1-3H2. The maximum absolute atomic E-state index is 9.68. The lowest BCUT2D eigenvalue weighted by Crippen LogP contribution is -2.23. The average molecular weight is 218 g/mol. The van der Waals surface area contributed by atoms with Gasteiger partial charge in [-0.05, 0) is 26.9 Å². The van der Waals surface area contributed by atoms with E-state index in [4.69, 9.17) is 10.5 Å². The van der Waals surface area contributed by atoms with Crippen LogP contribution in [0.25, 0.3) is 0 Å². The van der Waals surface area contributed by atoms with E-state index in [0.29, 0.717) is 19.1 Å². The van der Waals surface area contributed by atoms with Crippen LogP contribution in [0.5, 0.6) is 0 Å². The minimum absolute atomic E-state index is 0.0208. The molecular formula is C10H22N2O3. The fourth-order valence-electron chi connectivity index (χ4n) is 1.09. The van der Waals surface area contributed by atoms with Gasteiger partial charge in [-0.15, -0.1) is 0 Å². The highest BCUT2D eigenvalue weighted by Crippen LogP contribution is 2.05. The van der Waals surface area contributed by atoms with Crippen LogP contribution in [0.2, 0.25) is 0 Å². The zero-order chi connectivity index (χ0) is 11.5. The molecule has 0 bridgehead atoms. The molecule has 0 saturated carbocycles. The van der Waals surface area contributed by atoms with Crippen LogP contribution in [-0.4, -0.2) is 45.4 Å². The topological polar surface area (TPSA) is 73.6 Å². The van der Waals surface area contributed by atoms with E-state index in [9.17, 15) is 4.79 Å². The van der Waals surface area contributed by atoms with Gasteiger partial charge in [0.2, 0.25) is 0 Å². The van der Waals surface area contributed by atoms with Gasteiger partial charge in [0.05, 0.1) is 13.2 Å². The molecule has 5 heteroatoms. The van der Waals surface area contributed by atoms with Gasteiger partial charge in [-0.1, -0.05) is 0 Å². The predicted molar refractivity (Wildman–Crippen MR) is 58.6 cm³/mol. The van der Waals surface area contributed by atoms with Gasteiger partial charge in [0.1, 0.15) is 6.10 Å². The first kappa shape index (κ1) is 14.3. The molecule has 1 rings (SSSR count). The Morgan fingerprint density at radius 2 is 2.47 bits per heavy atom. The van der Waals surface area contributed by atoms with Crippen LogP contribution in [0.15, 0.2) is 0 Å². The monoisotopic (exact) mass is 218 g/mol. The molecule has 1 heterocycles. The molecule has 0 aliphatic carbocycles. The van der Waals surface area contributed by atoms with E-state index < -0.39 is 0 Å². The lowest BCUT2D eigenvalue weighted by molar-refractivity contribution is -0.133. The summed E-state index contributed by atoms with van der Waals surface area (Å²) >= 11 is 0. The molecule has 1 fully saturated rings. The molecule has 3 N–H and O–H groups in total. The third-order valence-corrected chi connectivity index (χ3v) is 2.23. The quantitative estimate of drug-likeness (QED) is 0.630. The molecule has 90 valence electrons. The number of carbonyl (C=O) groups is 1. The van der Waals surface area contributed by atoms with Gasteiger partial charge < -0.3 is 20.5 Å². The molecule has 2 atom stereocenters. The van der Waals surface area contributed by atoms with Gasteiger partial charge in [-0.25, -0.2) is 0 Å². The first-order valence-corrected chi connectivity index (χ1v) is 5.28. The van der Waals surface area contributed by atoms with Gasteiger partial charge in [-0.2, -0.15) is 0 Å². The minimum Gasteiger partial charge on any atom is -0.462 e. The Morgan fingerprint density at radius 3 is 2.80 bits per heavy atom. The Kier molecular flexibility index (Phi) is 9.46. The second kappa shape index (κ2) is 9.89. The molecule has 1 aliphatic heterocycles. The number of ether oxygens (including phenoxy) is 2. The van der Waals surface area contributed by atoms with Crippen LogP contribution < -0.4 is 11.1 Å². The van der Waals surface area contributed by atoms with E-state index in [2.05, 4.69) is 17.0 Å². The maximum atomic E-state index is 9.68. The number of hydrogen-bond donors (Lipinski definition) is 2. The van der Waals surface area contributed by atoms with Crippen LogP contribution in [0.4, 0.5) is 0 Å². The first-order valence-electron chi connectivity index (χ1n) is 5.28. The SMILES string of the molecule is CNC(C)CCN.O=COC1CCOC1. The Morgan fingerprint density at radius 1 is 1.73 bits per heavy atom. The molecule has 0 radical (unpaired) electrons. The number of nitrogens with one attached hydrogen (secondary N) is 1. The molecule has 1 aliphatic rings. The Balaban J connectivity index is 0.000000265. The maximum Gasteiger partial charge on any atom is 0.293 e. The molecule has 0 amide bonds. The van der Waals surface area contributed by atoms with Crippen LogP contribution >= 0.6 is 0 Å². The van der Waals surface area contributed by atoms with Gasteiger partial charge in [-0.3, -0.25) is 4.79 Å². The molecule has 2 unspecified atom stereocenters. The van der Waals surface area contributed by atoms with Crippen molar-refractivity contribution in [3.63, 3.8) is 0 Å². The summed E-state index contributed by atoms with van der Waals surface area (Å²) in [6, 6.07) is 0.574. The highest BCUT2D eigenvalue weighted by Gasteiger charge is 2.15. The van der Waals surface area contributed by atoms with E-state index in [-0.39, 0.29) is 6.10 Å². The van der Waals surface area contributed by atoms with Crippen molar-refractivity contribution in [1.29, 1.82) is 0 Å². The molecule has 0 aromatic rings. The first-order chi connectivity index (χ1) is 7.24.